The Balaban J connectivity index is 1.82. The van der Waals surface area contributed by atoms with E-state index in [-0.39, 0.29) is 6.09 Å². The number of nitrogens with one attached hydrogen (secondary N) is 1. The van der Waals surface area contributed by atoms with Gasteiger partial charge in [0, 0.05) is 10.7 Å². The predicted octanol–water partition coefficient (Wildman–Crippen LogP) is 3.68. The standard InChI is InChI=1S/C20H26Cl2N6O2/c1-19(2,3)30-18(29)27-9-10-28(20(4,5)11-27)17-24-16(23)15(25-26-17)12-7-6-8-13(21)14(12)22/h6-8H,9-11H2,1-5H3,(H2,23,24,26)/p+1. The molecule has 1 aromatic carbocycles. The number of hydrogen-bond acceptors (Lipinski definition) is 6. The average molecular weight is 454 g/mol. The Kier molecular flexibility index (Phi) is 6.02. The van der Waals surface area contributed by atoms with E-state index in [1.54, 1.807) is 23.1 Å². The molecular weight excluding hydrogens is 427 g/mol. The van der Waals surface area contributed by atoms with Crippen LogP contribution in [0.1, 0.15) is 34.6 Å². The van der Waals surface area contributed by atoms with Crippen molar-refractivity contribution in [1.29, 1.82) is 0 Å². The van der Waals surface area contributed by atoms with Crippen LogP contribution >= 0.6 is 23.2 Å². The van der Waals surface area contributed by atoms with Crippen LogP contribution in [0.2, 0.25) is 10.0 Å². The van der Waals surface area contributed by atoms with E-state index in [0.29, 0.717) is 52.7 Å². The smallest absolute Gasteiger partial charge is 0.410 e. The summed E-state index contributed by atoms with van der Waals surface area (Å²) in [6.07, 6.45) is -0.323. The van der Waals surface area contributed by atoms with Gasteiger partial charge >= 0.3 is 12.0 Å². The summed E-state index contributed by atoms with van der Waals surface area (Å²) in [6.45, 7) is 11.1. The van der Waals surface area contributed by atoms with Crippen LogP contribution < -0.4 is 15.6 Å². The number of amides is 1. The lowest BCUT2D eigenvalue weighted by Gasteiger charge is -2.43. The molecule has 0 aliphatic carbocycles. The third-order valence-electron chi connectivity index (χ3n) is 4.76. The molecule has 3 rings (SSSR count). The van der Waals surface area contributed by atoms with E-state index in [0.717, 1.165) is 0 Å². The number of aromatic nitrogens is 3. The highest BCUT2D eigenvalue weighted by molar-refractivity contribution is 6.43. The summed E-state index contributed by atoms with van der Waals surface area (Å²) in [7, 11) is 0. The van der Waals surface area contributed by atoms with Crippen molar-refractivity contribution in [2.45, 2.75) is 45.8 Å². The maximum atomic E-state index is 12.5. The van der Waals surface area contributed by atoms with Gasteiger partial charge < -0.3 is 15.4 Å². The fourth-order valence-electron chi connectivity index (χ4n) is 3.39. The van der Waals surface area contributed by atoms with Crippen molar-refractivity contribution in [1.82, 2.24) is 15.1 Å². The first-order valence-corrected chi connectivity index (χ1v) is 10.4. The number of benzene rings is 1. The summed E-state index contributed by atoms with van der Waals surface area (Å²) in [5.41, 5.74) is 6.32. The summed E-state index contributed by atoms with van der Waals surface area (Å²) in [5, 5.41) is 9.42. The number of piperazine rings is 1. The molecule has 0 spiro atoms. The first-order chi connectivity index (χ1) is 13.9. The van der Waals surface area contributed by atoms with E-state index in [9.17, 15) is 4.79 Å². The number of anilines is 2. The third-order valence-corrected chi connectivity index (χ3v) is 5.58. The Bertz CT molecular complexity index is 961. The number of nitrogens with zero attached hydrogens (tertiary/aromatic N) is 4. The molecule has 1 amide bonds. The minimum absolute atomic E-state index is 0.323. The van der Waals surface area contributed by atoms with Gasteiger partial charge in [-0.25, -0.2) is 9.78 Å². The van der Waals surface area contributed by atoms with E-state index in [1.807, 2.05) is 39.5 Å². The Labute approximate surface area is 186 Å². The van der Waals surface area contributed by atoms with Crippen molar-refractivity contribution < 1.29 is 14.5 Å². The Morgan fingerprint density at radius 3 is 2.53 bits per heavy atom. The van der Waals surface area contributed by atoms with Crippen molar-refractivity contribution in [3.8, 4) is 11.3 Å². The number of carbonyl (C=O) groups is 1. The molecule has 3 N–H and O–H groups in total. The number of carbonyl (C=O) groups excluding carboxylic acids is 1. The predicted molar refractivity (Wildman–Crippen MR) is 118 cm³/mol. The second-order valence-electron chi connectivity index (χ2n) is 8.88. The minimum atomic E-state index is -0.538. The second-order valence-corrected chi connectivity index (χ2v) is 9.66. The SMILES string of the molecule is CC(C)(C)OC(=O)N1CCN(c2nnc(-c3cccc(Cl)c3Cl)c(N)[nH+]2)C(C)(C)C1. The van der Waals surface area contributed by atoms with Gasteiger partial charge in [-0.15, -0.1) is 0 Å². The van der Waals surface area contributed by atoms with E-state index >= 15 is 0 Å². The molecule has 162 valence electrons. The number of hydrogen-bond donors (Lipinski definition) is 1. The molecule has 1 aromatic heterocycles. The molecule has 1 aliphatic heterocycles. The molecular formula is C20H27Cl2N6O2+. The van der Waals surface area contributed by atoms with Crippen molar-refractivity contribution in [3.05, 3.63) is 28.2 Å². The van der Waals surface area contributed by atoms with Gasteiger partial charge in [0.1, 0.15) is 5.60 Å². The molecule has 30 heavy (non-hydrogen) atoms. The maximum Gasteiger partial charge on any atom is 0.410 e. The number of ether oxygens (including phenoxy) is 1. The maximum absolute atomic E-state index is 12.5. The highest BCUT2D eigenvalue weighted by Gasteiger charge is 2.42. The lowest BCUT2D eigenvalue weighted by atomic mass is 9.99. The van der Waals surface area contributed by atoms with Crippen molar-refractivity contribution in [2.75, 3.05) is 30.3 Å². The molecule has 0 radical (unpaired) electrons. The van der Waals surface area contributed by atoms with Crippen molar-refractivity contribution >= 4 is 41.1 Å². The van der Waals surface area contributed by atoms with Gasteiger partial charge in [-0.1, -0.05) is 40.4 Å². The molecule has 2 heterocycles. The van der Waals surface area contributed by atoms with E-state index < -0.39 is 11.1 Å². The van der Waals surface area contributed by atoms with Crippen LogP contribution in [0.4, 0.5) is 16.6 Å². The molecule has 2 aromatic rings. The monoisotopic (exact) mass is 453 g/mol. The molecule has 1 fully saturated rings. The molecule has 1 saturated heterocycles. The van der Waals surface area contributed by atoms with Crippen LogP contribution in [0.25, 0.3) is 11.3 Å². The number of rotatable bonds is 2. The fraction of sp³-hybridized carbons (Fsp3) is 0.500. The first kappa shape index (κ1) is 22.4. The Morgan fingerprint density at radius 1 is 1.23 bits per heavy atom. The van der Waals surface area contributed by atoms with E-state index in [4.69, 9.17) is 33.7 Å². The van der Waals surface area contributed by atoms with Crippen LogP contribution in [-0.4, -0.2) is 52.0 Å². The van der Waals surface area contributed by atoms with Gasteiger partial charge in [-0.05, 0) is 40.7 Å². The second kappa shape index (κ2) is 8.07. The third kappa shape index (κ3) is 4.70. The van der Waals surface area contributed by atoms with Gasteiger partial charge in [0.15, 0.2) is 5.69 Å². The van der Waals surface area contributed by atoms with Crippen LogP contribution in [0.5, 0.6) is 0 Å². The zero-order valence-corrected chi connectivity index (χ0v) is 19.3. The van der Waals surface area contributed by atoms with Gasteiger partial charge in [-0.3, -0.25) is 4.90 Å². The minimum Gasteiger partial charge on any atom is -0.444 e. The molecule has 0 unspecified atom stereocenters. The quantitative estimate of drug-likeness (QED) is 0.744. The zero-order chi connectivity index (χ0) is 22.3. The summed E-state index contributed by atoms with van der Waals surface area (Å²) >= 11 is 12.4. The number of aromatic amines is 1. The van der Waals surface area contributed by atoms with Gasteiger partial charge in [0.05, 0.1) is 35.2 Å². The zero-order valence-electron chi connectivity index (χ0n) is 17.8. The Morgan fingerprint density at radius 2 is 1.93 bits per heavy atom. The van der Waals surface area contributed by atoms with Gasteiger partial charge in [-0.2, -0.15) is 0 Å². The lowest BCUT2D eigenvalue weighted by molar-refractivity contribution is -0.352. The van der Waals surface area contributed by atoms with Crippen LogP contribution in [0.3, 0.4) is 0 Å². The summed E-state index contributed by atoms with van der Waals surface area (Å²) in [5.74, 6) is 0.845. The normalized spacial score (nSPS) is 16.5. The molecule has 1 aliphatic rings. The van der Waals surface area contributed by atoms with Crippen LogP contribution in [0.15, 0.2) is 18.2 Å². The number of nitrogens with two attached hydrogens (primary N) is 1. The molecule has 0 saturated carbocycles. The molecule has 0 atom stereocenters. The first-order valence-electron chi connectivity index (χ1n) is 9.64. The lowest BCUT2D eigenvalue weighted by Crippen LogP contribution is -2.62. The number of nitrogen functional groups attached to an aromatic ring is 1. The Hall–Kier alpha value is -2.32. The highest BCUT2D eigenvalue weighted by Crippen LogP contribution is 2.34. The molecule has 10 heteroatoms. The van der Waals surface area contributed by atoms with Crippen LogP contribution in [0, 0.1) is 0 Å². The average Bonchev–Trinajstić information content (AvgIpc) is 2.62. The summed E-state index contributed by atoms with van der Waals surface area (Å²) in [6, 6.07) is 5.25. The van der Waals surface area contributed by atoms with Crippen molar-refractivity contribution in [2.24, 2.45) is 0 Å². The van der Waals surface area contributed by atoms with Crippen molar-refractivity contribution in [3.63, 3.8) is 0 Å². The van der Waals surface area contributed by atoms with E-state index in [1.165, 1.54) is 0 Å². The number of halogens is 2. The highest BCUT2D eigenvalue weighted by atomic mass is 35.5. The fourth-order valence-corrected chi connectivity index (χ4v) is 3.78. The summed E-state index contributed by atoms with van der Waals surface area (Å²) < 4.78 is 5.51. The number of H-pyrrole nitrogens is 1. The molecule has 8 nitrogen and oxygen atoms in total. The van der Waals surface area contributed by atoms with Gasteiger partial charge in [0.2, 0.25) is 5.82 Å². The topological polar surface area (TPSA) is 98.7 Å². The van der Waals surface area contributed by atoms with Crippen LogP contribution in [-0.2, 0) is 4.74 Å². The summed E-state index contributed by atoms with van der Waals surface area (Å²) in [4.78, 5) is 19.3. The largest absolute Gasteiger partial charge is 0.444 e. The van der Waals surface area contributed by atoms with Gasteiger partial charge in [0.25, 0.3) is 0 Å². The van der Waals surface area contributed by atoms with E-state index in [2.05, 4.69) is 15.2 Å². The molecule has 0 bridgehead atoms.